The molecule has 2 aromatic rings. The van der Waals surface area contributed by atoms with Gasteiger partial charge in [-0.25, -0.2) is 0 Å². The van der Waals surface area contributed by atoms with E-state index in [-0.39, 0.29) is 46.5 Å². The summed E-state index contributed by atoms with van der Waals surface area (Å²) in [4.78, 5) is 55.1. The molecule has 4 amide bonds. The summed E-state index contributed by atoms with van der Waals surface area (Å²) < 4.78 is 0. The van der Waals surface area contributed by atoms with Crippen molar-refractivity contribution in [3.8, 4) is 5.75 Å². The van der Waals surface area contributed by atoms with Crippen LogP contribution < -0.4 is 0 Å². The fourth-order valence-electron chi connectivity index (χ4n) is 3.98. The molecule has 0 saturated carbocycles. The van der Waals surface area contributed by atoms with Crippen molar-refractivity contribution in [2.24, 2.45) is 0 Å². The van der Waals surface area contributed by atoms with Crippen LogP contribution in [-0.2, 0) is 0 Å². The highest BCUT2D eigenvalue weighted by molar-refractivity contribution is 6.22. The Morgan fingerprint density at radius 1 is 0.839 bits per heavy atom. The summed E-state index contributed by atoms with van der Waals surface area (Å²) in [6.07, 6.45) is 0. The lowest BCUT2D eigenvalue weighted by Gasteiger charge is -2.35. The van der Waals surface area contributed by atoms with Gasteiger partial charge in [-0.1, -0.05) is 12.1 Å². The SMILES string of the molecule is CC(C)N1C(=O)c2ccc(C(=O)N3CCN(C(=O)c4ccccc4O)CC3)cc2C1=O. The zero-order chi connectivity index (χ0) is 22.3. The predicted molar refractivity (Wildman–Crippen MR) is 112 cm³/mol. The predicted octanol–water partition coefficient (Wildman–Crippen LogP) is 1.99. The minimum atomic E-state index is -0.386. The molecule has 2 aromatic carbocycles. The normalized spacial score (nSPS) is 16.2. The van der Waals surface area contributed by atoms with Crippen LogP contribution >= 0.6 is 0 Å². The first-order valence-electron chi connectivity index (χ1n) is 10.2. The summed E-state index contributed by atoms with van der Waals surface area (Å²) in [5.41, 5.74) is 1.14. The van der Waals surface area contributed by atoms with Gasteiger partial charge in [-0.3, -0.25) is 24.1 Å². The average molecular weight is 421 g/mol. The Kier molecular flexibility index (Phi) is 5.22. The second-order valence-corrected chi connectivity index (χ2v) is 7.94. The Hall–Kier alpha value is -3.68. The first kappa shape index (κ1) is 20.6. The fourth-order valence-corrected chi connectivity index (χ4v) is 3.98. The van der Waals surface area contributed by atoms with Crippen LogP contribution in [0.3, 0.4) is 0 Å². The minimum Gasteiger partial charge on any atom is -0.507 e. The number of rotatable bonds is 3. The van der Waals surface area contributed by atoms with Crippen LogP contribution in [0.25, 0.3) is 0 Å². The lowest BCUT2D eigenvalue weighted by Crippen LogP contribution is -2.50. The number of aromatic hydroxyl groups is 1. The van der Waals surface area contributed by atoms with Gasteiger partial charge in [0.1, 0.15) is 5.75 Å². The Labute approximate surface area is 179 Å². The highest BCUT2D eigenvalue weighted by atomic mass is 16.3. The highest BCUT2D eigenvalue weighted by Crippen LogP contribution is 2.26. The van der Waals surface area contributed by atoms with E-state index in [1.54, 1.807) is 47.9 Å². The summed E-state index contributed by atoms with van der Waals surface area (Å²) in [5, 5.41) is 9.90. The average Bonchev–Trinajstić information content (AvgIpc) is 3.03. The van der Waals surface area contributed by atoms with Crippen LogP contribution in [0.5, 0.6) is 5.75 Å². The highest BCUT2D eigenvalue weighted by Gasteiger charge is 2.38. The van der Waals surface area contributed by atoms with Gasteiger partial charge in [0.25, 0.3) is 23.6 Å². The van der Waals surface area contributed by atoms with Gasteiger partial charge in [-0.2, -0.15) is 0 Å². The van der Waals surface area contributed by atoms with Gasteiger partial charge in [0.2, 0.25) is 0 Å². The van der Waals surface area contributed by atoms with Gasteiger partial charge in [0, 0.05) is 37.8 Å². The number of fused-ring (bicyclic) bond motifs is 1. The molecular formula is C23H23N3O5. The van der Waals surface area contributed by atoms with Crippen molar-refractivity contribution in [2.45, 2.75) is 19.9 Å². The summed E-state index contributed by atoms with van der Waals surface area (Å²) >= 11 is 0. The van der Waals surface area contributed by atoms with Gasteiger partial charge in [0.05, 0.1) is 16.7 Å². The molecule has 8 heteroatoms. The summed E-state index contributed by atoms with van der Waals surface area (Å²) in [7, 11) is 0. The molecule has 1 saturated heterocycles. The van der Waals surface area contributed by atoms with Crippen LogP contribution in [0.1, 0.15) is 55.3 Å². The molecule has 2 aliphatic rings. The minimum absolute atomic E-state index is 0.0706. The molecule has 0 spiro atoms. The maximum atomic E-state index is 13.0. The number of piperazine rings is 1. The molecule has 8 nitrogen and oxygen atoms in total. The number of amides is 4. The molecule has 1 fully saturated rings. The van der Waals surface area contributed by atoms with Gasteiger partial charge in [0.15, 0.2) is 0 Å². The van der Waals surface area contributed by atoms with Crippen molar-refractivity contribution in [3.05, 3.63) is 64.7 Å². The molecule has 0 aliphatic carbocycles. The van der Waals surface area contributed by atoms with Gasteiger partial charge in [-0.05, 0) is 44.2 Å². The van der Waals surface area contributed by atoms with E-state index in [9.17, 15) is 24.3 Å². The smallest absolute Gasteiger partial charge is 0.261 e. The number of para-hydroxylation sites is 1. The Morgan fingerprint density at radius 3 is 2.03 bits per heavy atom. The number of carbonyl (C=O) groups is 4. The van der Waals surface area contributed by atoms with E-state index in [4.69, 9.17) is 0 Å². The fraction of sp³-hybridized carbons (Fsp3) is 0.304. The molecule has 0 radical (unpaired) electrons. The second kappa shape index (κ2) is 7.86. The maximum absolute atomic E-state index is 13.0. The number of imide groups is 1. The summed E-state index contributed by atoms with van der Waals surface area (Å²) in [5.74, 6) is -1.33. The third-order valence-corrected chi connectivity index (χ3v) is 5.67. The number of hydrogen-bond acceptors (Lipinski definition) is 5. The van der Waals surface area contributed by atoms with Crippen LogP contribution in [0.4, 0.5) is 0 Å². The quantitative estimate of drug-likeness (QED) is 0.765. The van der Waals surface area contributed by atoms with Crippen molar-refractivity contribution in [2.75, 3.05) is 26.2 Å². The Morgan fingerprint density at radius 2 is 1.42 bits per heavy atom. The number of phenolic OH excluding ortho intramolecular Hbond substituents is 1. The molecule has 2 heterocycles. The van der Waals surface area contributed by atoms with Crippen molar-refractivity contribution in [1.82, 2.24) is 14.7 Å². The first-order chi connectivity index (χ1) is 14.8. The van der Waals surface area contributed by atoms with E-state index in [1.165, 1.54) is 23.1 Å². The number of benzene rings is 2. The summed E-state index contributed by atoms with van der Waals surface area (Å²) in [6.45, 7) is 4.87. The third-order valence-electron chi connectivity index (χ3n) is 5.67. The van der Waals surface area contributed by atoms with E-state index in [0.29, 0.717) is 37.3 Å². The lowest BCUT2D eigenvalue weighted by molar-refractivity contribution is 0.0533. The Bertz CT molecular complexity index is 1090. The van der Waals surface area contributed by atoms with Crippen molar-refractivity contribution in [1.29, 1.82) is 0 Å². The third kappa shape index (κ3) is 3.54. The van der Waals surface area contributed by atoms with Crippen LogP contribution in [0, 0.1) is 0 Å². The molecule has 160 valence electrons. The number of phenols is 1. The topological polar surface area (TPSA) is 98.2 Å². The molecule has 1 N–H and O–H groups in total. The first-order valence-corrected chi connectivity index (χ1v) is 10.2. The largest absolute Gasteiger partial charge is 0.507 e. The maximum Gasteiger partial charge on any atom is 0.261 e. The Balaban J connectivity index is 1.46. The van der Waals surface area contributed by atoms with Crippen LogP contribution in [-0.4, -0.2) is 75.7 Å². The van der Waals surface area contributed by atoms with Crippen LogP contribution in [0.15, 0.2) is 42.5 Å². The van der Waals surface area contributed by atoms with Crippen molar-refractivity contribution >= 4 is 23.6 Å². The van der Waals surface area contributed by atoms with Crippen LogP contribution in [0.2, 0.25) is 0 Å². The molecule has 0 aromatic heterocycles. The van der Waals surface area contributed by atoms with Crippen molar-refractivity contribution < 1.29 is 24.3 Å². The molecular weight excluding hydrogens is 398 g/mol. The molecule has 0 bridgehead atoms. The number of nitrogens with zero attached hydrogens (tertiary/aromatic N) is 3. The lowest BCUT2D eigenvalue weighted by atomic mass is 10.0. The summed E-state index contributed by atoms with van der Waals surface area (Å²) in [6, 6.07) is 10.7. The van der Waals surface area contributed by atoms with Gasteiger partial charge >= 0.3 is 0 Å². The number of hydrogen-bond donors (Lipinski definition) is 1. The molecule has 2 aliphatic heterocycles. The second-order valence-electron chi connectivity index (χ2n) is 7.94. The molecule has 31 heavy (non-hydrogen) atoms. The van der Waals surface area contributed by atoms with Gasteiger partial charge in [-0.15, -0.1) is 0 Å². The number of carbonyl (C=O) groups excluding carboxylic acids is 4. The van der Waals surface area contributed by atoms with E-state index < -0.39 is 0 Å². The van der Waals surface area contributed by atoms with Gasteiger partial charge < -0.3 is 14.9 Å². The van der Waals surface area contributed by atoms with E-state index in [1.807, 2.05) is 0 Å². The monoisotopic (exact) mass is 421 g/mol. The molecule has 4 rings (SSSR count). The van der Waals surface area contributed by atoms with E-state index in [0.717, 1.165) is 0 Å². The molecule has 0 unspecified atom stereocenters. The van der Waals surface area contributed by atoms with E-state index in [2.05, 4.69) is 0 Å². The van der Waals surface area contributed by atoms with E-state index >= 15 is 0 Å². The molecule has 0 atom stereocenters. The standard InChI is InChI=1S/C23H23N3O5/c1-14(2)26-22(30)16-8-7-15(13-18(16)23(26)31)20(28)24-9-11-25(12-10-24)21(29)17-5-3-4-6-19(17)27/h3-8,13-14,27H,9-12H2,1-2H3. The van der Waals surface area contributed by atoms with Crippen molar-refractivity contribution in [3.63, 3.8) is 0 Å². The zero-order valence-electron chi connectivity index (χ0n) is 17.4. The zero-order valence-corrected chi connectivity index (χ0v) is 17.4.